The lowest BCUT2D eigenvalue weighted by Gasteiger charge is -2.27. The van der Waals surface area contributed by atoms with Crippen molar-refractivity contribution in [3.05, 3.63) is 95.6 Å². The minimum atomic E-state index is 0.0182. The number of fused-ring (bicyclic) bond motifs is 1. The SMILES string of the molecule is CCN(Cc1cnc(CCN)[nH]1)c1ccccc1CN(C)C(=O)c1cccc2ccccc12. The first-order valence-electron chi connectivity index (χ1n) is 11.4. The van der Waals surface area contributed by atoms with Gasteiger partial charge in [-0.05, 0) is 41.9 Å². The molecule has 0 saturated heterocycles. The van der Waals surface area contributed by atoms with Gasteiger partial charge in [-0.1, -0.05) is 54.6 Å². The summed E-state index contributed by atoms with van der Waals surface area (Å²) in [6, 6.07) is 22.2. The molecule has 6 heteroatoms. The van der Waals surface area contributed by atoms with E-state index in [1.54, 1.807) is 4.90 Å². The van der Waals surface area contributed by atoms with E-state index in [1.807, 2.05) is 67.8 Å². The van der Waals surface area contributed by atoms with E-state index in [2.05, 4.69) is 33.9 Å². The van der Waals surface area contributed by atoms with Gasteiger partial charge >= 0.3 is 0 Å². The van der Waals surface area contributed by atoms with Gasteiger partial charge in [0.25, 0.3) is 5.91 Å². The number of H-pyrrole nitrogens is 1. The Bertz CT molecular complexity index is 1230. The highest BCUT2D eigenvalue weighted by molar-refractivity contribution is 6.06. The van der Waals surface area contributed by atoms with Crippen molar-refractivity contribution >= 4 is 22.4 Å². The highest BCUT2D eigenvalue weighted by Crippen LogP contribution is 2.25. The van der Waals surface area contributed by atoms with Crippen molar-refractivity contribution in [1.29, 1.82) is 0 Å². The predicted molar refractivity (Wildman–Crippen MR) is 134 cm³/mol. The molecule has 0 fully saturated rings. The first-order chi connectivity index (χ1) is 16.1. The van der Waals surface area contributed by atoms with Crippen molar-refractivity contribution in [1.82, 2.24) is 14.9 Å². The maximum absolute atomic E-state index is 13.4. The van der Waals surface area contributed by atoms with Gasteiger partial charge in [0, 0.05) is 37.8 Å². The fraction of sp³-hybridized carbons (Fsp3) is 0.259. The highest BCUT2D eigenvalue weighted by Gasteiger charge is 2.18. The smallest absolute Gasteiger partial charge is 0.254 e. The number of hydrogen-bond donors (Lipinski definition) is 2. The normalized spacial score (nSPS) is 11.0. The number of rotatable bonds is 9. The molecule has 3 aromatic carbocycles. The third-order valence-electron chi connectivity index (χ3n) is 5.91. The number of nitrogens with two attached hydrogens (primary N) is 1. The molecule has 1 heterocycles. The lowest BCUT2D eigenvalue weighted by atomic mass is 10.0. The number of carbonyl (C=O) groups excluding carboxylic acids is 1. The van der Waals surface area contributed by atoms with E-state index in [1.165, 1.54) is 0 Å². The Labute approximate surface area is 195 Å². The molecule has 0 aliphatic rings. The number of aromatic amines is 1. The molecule has 4 rings (SSSR count). The van der Waals surface area contributed by atoms with Gasteiger partial charge in [-0.15, -0.1) is 0 Å². The summed E-state index contributed by atoms with van der Waals surface area (Å²) in [6.45, 7) is 4.79. The van der Waals surface area contributed by atoms with E-state index in [0.29, 0.717) is 19.6 Å². The van der Waals surface area contributed by atoms with Crippen molar-refractivity contribution in [2.45, 2.75) is 26.4 Å². The second kappa shape index (κ2) is 10.3. The van der Waals surface area contributed by atoms with Crippen LogP contribution in [0.1, 0.15) is 34.4 Å². The van der Waals surface area contributed by atoms with E-state index in [4.69, 9.17) is 5.73 Å². The van der Waals surface area contributed by atoms with E-state index in [9.17, 15) is 4.79 Å². The van der Waals surface area contributed by atoms with Gasteiger partial charge in [0.2, 0.25) is 0 Å². The van der Waals surface area contributed by atoms with Crippen molar-refractivity contribution in [3.63, 3.8) is 0 Å². The standard InChI is InChI=1S/C27H31N5O/c1-3-32(19-22-17-29-26(30-22)15-16-28)25-14-7-5-10-21(25)18-31(2)27(33)24-13-8-11-20-9-4-6-12-23(20)24/h4-14,17H,3,15-16,18-19,28H2,1-2H3,(H,29,30). The largest absolute Gasteiger partial charge is 0.366 e. The predicted octanol–water partition coefficient (Wildman–Crippen LogP) is 4.36. The van der Waals surface area contributed by atoms with Crippen molar-refractivity contribution < 1.29 is 4.79 Å². The number of anilines is 1. The number of imidazole rings is 1. The summed E-state index contributed by atoms with van der Waals surface area (Å²) in [4.78, 5) is 25.2. The molecule has 0 aliphatic carbocycles. The van der Waals surface area contributed by atoms with Gasteiger partial charge in [-0.3, -0.25) is 4.79 Å². The minimum absolute atomic E-state index is 0.0182. The van der Waals surface area contributed by atoms with Crippen LogP contribution in [0.15, 0.2) is 72.9 Å². The number of benzene rings is 3. The van der Waals surface area contributed by atoms with Crippen LogP contribution in [0, 0.1) is 0 Å². The monoisotopic (exact) mass is 441 g/mol. The number of hydrogen-bond acceptors (Lipinski definition) is 4. The molecule has 0 bridgehead atoms. The van der Waals surface area contributed by atoms with Crippen LogP contribution in [-0.4, -0.2) is 40.9 Å². The third kappa shape index (κ3) is 5.07. The molecule has 0 aliphatic heterocycles. The molecule has 0 radical (unpaired) electrons. The summed E-state index contributed by atoms with van der Waals surface area (Å²) >= 11 is 0. The summed E-state index contributed by atoms with van der Waals surface area (Å²) in [7, 11) is 1.87. The van der Waals surface area contributed by atoms with Gasteiger partial charge in [-0.25, -0.2) is 4.98 Å². The second-order valence-corrected chi connectivity index (χ2v) is 8.22. The third-order valence-corrected chi connectivity index (χ3v) is 5.91. The number of nitrogens with one attached hydrogen (secondary N) is 1. The molecule has 3 N–H and O–H groups in total. The molecular weight excluding hydrogens is 410 g/mol. The van der Waals surface area contributed by atoms with E-state index < -0.39 is 0 Å². The molecule has 0 unspecified atom stereocenters. The Kier molecular flexibility index (Phi) is 7.05. The van der Waals surface area contributed by atoms with Crippen LogP contribution in [-0.2, 0) is 19.5 Å². The Hall–Kier alpha value is -3.64. The van der Waals surface area contributed by atoms with Crippen molar-refractivity contribution in [2.24, 2.45) is 5.73 Å². The first kappa shape index (κ1) is 22.6. The molecular formula is C27H31N5O. The van der Waals surface area contributed by atoms with E-state index in [0.717, 1.165) is 52.1 Å². The zero-order chi connectivity index (χ0) is 23.2. The Balaban J connectivity index is 1.55. The van der Waals surface area contributed by atoms with Crippen LogP contribution in [0.25, 0.3) is 10.8 Å². The maximum Gasteiger partial charge on any atom is 0.254 e. The van der Waals surface area contributed by atoms with Gasteiger partial charge in [-0.2, -0.15) is 0 Å². The summed E-state index contributed by atoms with van der Waals surface area (Å²) < 4.78 is 0. The van der Waals surface area contributed by atoms with Crippen LogP contribution in [0.2, 0.25) is 0 Å². The molecule has 1 aromatic heterocycles. The van der Waals surface area contributed by atoms with Crippen LogP contribution in [0.4, 0.5) is 5.69 Å². The minimum Gasteiger partial charge on any atom is -0.366 e. The van der Waals surface area contributed by atoms with Crippen LogP contribution in [0.5, 0.6) is 0 Å². The lowest BCUT2D eigenvalue weighted by molar-refractivity contribution is 0.0787. The van der Waals surface area contributed by atoms with Gasteiger partial charge < -0.3 is 20.5 Å². The fourth-order valence-corrected chi connectivity index (χ4v) is 4.22. The average Bonchev–Trinajstić information content (AvgIpc) is 3.29. The fourth-order valence-electron chi connectivity index (χ4n) is 4.22. The summed E-state index contributed by atoms with van der Waals surface area (Å²) in [5, 5.41) is 2.05. The topological polar surface area (TPSA) is 78.2 Å². The number of amides is 1. The molecule has 0 saturated carbocycles. The molecule has 33 heavy (non-hydrogen) atoms. The van der Waals surface area contributed by atoms with E-state index in [-0.39, 0.29) is 5.91 Å². The highest BCUT2D eigenvalue weighted by atomic mass is 16.2. The summed E-state index contributed by atoms with van der Waals surface area (Å²) in [5.74, 6) is 0.932. The molecule has 6 nitrogen and oxygen atoms in total. The summed E-state index contributed by atoms with van der Waals surface area (Å²) in [6.07, 6.45) is 2.62. The number of nitrogens with zero attached hydrogens (tertiary/aromatic N) is 3. The van der Waals surface area contributed by atoms with Gasteiger partial charge in [0.15, 0.2) is 0 Å². The molecule has 0 spiro atoms. The Morgan fingerprint density at radius 1 is 1.00 bits per heavy atom. The molecule has 0 atom stereocenters. The van der Waals surface area contributed by atoms with Crippen LogP contribution < -0.4 is 10.6 Å². The molecule has 170 valence electrons. The van der Waals surface area contributed by atoms with Crippen molar-refractivity contribution in [2.75, 3.05) is 25.0 Å². The maximum atomic E-state index is 13.4. The van der Waals surface area contributed by atoms with Crippen LogP contribution >= 0.6 is 0 Å². The van der Waals surface area contributed by atoms with Gasteiger partial charge in [0.1, 0.15) is 5.82 Å². The Morgan fingerprint density at radius 3 is 2.58 bits per heavy atom. The van der Waals surface area contributed by atoms with Crippen LogP contribution in [0.3, 0.4) is 0 Å². The van der Waals surface area contributed by atoms with E-state index >= 15 is 0 Å². The quantitative estimate of drug-likeness (QED) is 0.404. The molecule has 1 amide bonds. The lowest BCUT2D eigenvalue weighted by Crippen LogP contribution is -2.29. The average molecular weight is 442 g/mol. The molecule has 4 aromatic rings. The zero-order valence-corrected chi connectivity index (χ0v) is 19.3. The summed E-state index contributed by atoms with van der Waals surface area (Å²) in [5.41, 5.74) is 9.65. The number of carbonyl (C=O) groups is 1. The zero-order valence-electron chi connectivity index (χ0n) is 19.3. The Morgan fingerprint density at radius 2 is 1.76 bits per heavy atom. The number of para-hydroxylation sites is 1. The second-order valence-electron chi connectivity index (χ2n) is 8.22. The van der Waals surface area contributed by atoms with Gasteiger partial charge in [0.05, 0.1) is 18.4 Å². The van der Waals surface area contributed by atoms with Crippen molar-refractivity contribution in [3.8, 4) is 0 Å². The first-order valence-corrected chi connectivity index (χ1v) is 11.4. The number of aromatic nitrogens is 2.